The first-order valence-corrected chi connectivity index (χ1v) is 4.10. The molecule has 1 saturated heterocycles. The molecule has 0 radical (unpaired) electrons. The van der Waals surface area contributed by atoms with Crippen LogP contribution in [-0.2, 0) is 4.74 Å². The number of hydrogen-bond acceptors (Lipinski definition) is 1. The van der Waals surface area contributed by atoms with Gasteiger partial charge in [0.25, 0.3) is 0 Å². The summed E-state index contributed by atoms with van der Waals surface area (Å²) in [6, 6.07) is 0. The van der Waals surface area contributed by atoms with Gasteiger partial charge in [0.2, 0.25) is 0 Å². The lowest BCUT2D eigenvalue weighted by Gasteiger charge is -2.03. The van der Waals surface area contributed by atoms with Crippen LogP contribution in [0.25, 0.3) is 0 Å². The normalized spacial score (nSPS) is 39.0. The molecule has 10 heavy (non-hydrogen) atoms. The third-order valence-corrected chi connectivity index (χ3v) is 2.70. The molecule has 2 rings (SSSR count). The quantitative estimate of drug-likeness (QED) is 0.466. The monoisotopic (exact) mass is 138 g/mol. The zero-order valence-corrected chi connectivity index (χ0v) is 6.68. The van der Waals surface area contributed by atoms with E-state index in [4.69, 9.17) is 4.74 Å². The molecular formula is C9H14O. The van der Waals surface area contributed by atoms with Gasteiger partial charge in [-0.1, -0.05) is 12.5 Å². The molecule has 0 saturated carbocycles. The Morgan fingerprint density at radius 3 is 3.00 bits per heavy atom. The molecule has 1 aliphatic carbocycles. The Bertz CT molecular complexity index is 181. The summed E-state index contributed by atoms with van der Waals surface area (Å²) in [6.07, 6.45) is 3.02. The minimum atomic E-state index is 0.509. The van der Waals surface area contributed by atoms with Gasteiger partial charge in [0.05, 0.1) is 12.7 Å². The minimum absolute atomic E-state index is 0.509. The van der Waals surface area contributed by atoms with E-state index in [0.717, 1.165) is 6.61 Å². The van der Waals surface area contributed by atoms with Crippen molar-refractivity contribution < 1.29 is 4.74 Å². The van der Waals surface area contributed by atoms with Crippen molar-refractivity contribution in [2.75, 3.05) is 6.61 Å². The number of rotatable bonds is 0. The summed E-state index contributed by atoms with van der Waals surface area (Å²) < 4.78 is 5.60. The highest BCUT2D eigenvalue weighted by Crippen LogP contribution is 2.38. The molecule has 0 aromatic heterocycles. The highest BCUT2D eigenvalue weighted by atomic mass is 16.5. The lowest BCUT2D eigenvalue weighted by Crippen LogP contribution is -2.01. The van der Waals surface area contributed by atoms with Gasteiger partial charge in [0.1, 0.15) is 0 Å². The van der Waals surface area contributed by atoms with Gasteiger partial charge in [-0.3, -0.25) is 0 Å². The Labute approximate surface area is 62.1 Å². The van der Waals surface area contributed by atoms with E-state index < -0.39 is 0 Å². The van der Waals surface area contributed by atoms with Gasteiger partial charge in [-0.25, -0.2) is 0 Å². The molecule has 0 aromatic rings. The standard InChI is InChI=1S/C9H14O/c1-6-3-4-8-9(6)7(2)5-10-8/h7-8H,3-5H2,1-2H3. The van der Waals surface area contributed by atoms with E-state index in [9.17, 15) is 0 Å². The first kappa shape index (κ1) is 6.41. The molecule has 2 atom stereocenters. The van der Waals surface area contributed by atoms with Gasteiger partial charge >= 0.3 is 0 Å². The summed E-state index contributed by atoms with van der Waals surface area (Å²) in [7, 11) is 0. The highest BCUT2D eigenvalue weighted by molar-refractivity contribution is 5.27. The van der Waals surface area contributed by atoms with Crippen LogP contribution in [0.15, 0.2) is 11.1 Å². The van der Waals surface area contributed by atoms with E-state index in [1.807, 2.05) is 0 Å². The summed E-state index contributed by atoms with van der Waals surface area (Å²) >= 11 is 0. The molecule has 1 heterocycles. The van der Waals surface area contributed by atoms with Gasteiger partial charge in [0, 0.05) is 5.92 Å². The predicted octanol–water partition coefficient (Wildman–Crippen LogP) is 2.13. The Morgan fingerprint density at radius 2 is 2.30 bits per heavy atom. The van der Waals surface area contributed by atoms with Gasteiger partial charge < -0.3 is 4.74 Å². The first-order chi connectivity index (χ1) is 4.79. The van der Waals surface area contributed by atoms with Crippen molar-refractivity contribution >= 4 is 0 Å². The molecule has 2 aliphatic rings. The van der Waals surface area contributed by atoms with Gasteiger partial charge in [-0.2, -0.15) is 0 Å². The van der Waals surface area contributed by atoms with Crippen LogP contribution >= 0.6 is 0 Å². The van der Waals surface area contributed by atoms with E-state index in [-0.39, 0.29) is 0 Å². The maximum absolute atomic E-state index is 5.60. The first-order valence-electron chi connectivity index (χ1n) is 4.10. The van der Waals surface area contributed by atoms with E-state index in [1.54, 1.807) is 11.1 Å². The minimum Gasteiger partial charge on any atom is -0.373 e. The van der Waals surface area contributed by atoms with E-state index in [0.29, 0.717) is 12.0 Å². The fraction of sp³-hybridized carbons (Fsp3) is 0.778. The molecule has 0 N–H and O–H groups in total. The molecule has 2 unspecified atom stereocenters. The van der Waals surface area contributed by atoms with E-state index >= 15 is 0 Å². The van der Waals surface area contributed by atoms with Gasteiger partial charge in [-0.15, -0.1) is 0 Å². The van der Waals surface area contributed by atoms with Crippen LogP contribution in [0.4, 0.5) is 0 Å². The third-order valence-electron chi connectivity index (χ3n) is 2.70. The van der Waals surface area contributed by atoms with Crippen molar-refractivity contribution in [3.05, 3.63) is 11.1 Å². The average molecular weight is 138 g/mol. The Morgan fingerprint density at radius 1 is 1.50 bits per heavy atom. The molecule has 1 aliphatic heterocycles. The molecule has 1 nitrogen and oxygen atoms in total. The third kappa shape index (κ3) is 0.734. The van der Waals surface area contributed by atoms with E-state index in [1.165, 1.54) is 12.8 Å². The van der Waals surface area contributed by atoms with Crippen LogP contribution in [0.5, 0.6) is 0 Å². The molecule has 56 valence electrons. The second-order valence-corrected chi connectivity index (χ2v) is 3.50. The number of hydrogen-bond donors (Lipinski definition) is 0. The van der Waals surface area contributed by atoms with E-state index in [2.05, 4.69) is 13.8 Å². The Hall–Kier alpha value is -0.300. The summed E-state index contributed by atoms with van der Waals surface area (Å²) in [5.74, 6) is 0.701. The number of ether oxygens (including phenoxy) is 1. The average Bonchev–Trinajstić information content (AvgIpc) is 2.40. The smallest absolute Gasteiger partial charge is 0.0794 e. The number of fused-ring (bicyclic) bond motifs is 1. The largest absolute Gasteiger partial charge is 0.373 e. The number of allylic oxidation sites excluding steroid dienone is 1. The van der Waals surface area contributed by atoms with Crippen LogP contribution in [0.3, 0.4) is 0 Å². The van der Waals surface area contributed by atoms with Crippen LogP contribution in [0.2, 0.25) is 0 Å². The maximum atomic E-state index is 5.60. The molecule has 0 spiro atoms. The molecule has 0 bridgehead atoms. The topological polar surface area (TPSA) is 9.23 Å². The molecule has 0 amide bonds. The second kappa shape index (κ2) is 2.09. The van der Waals surface area contributed by atoms with Crippen molar-refractivity contribution in [2.24, 2.45) is 5.92 Å². The summed E-state index contributed by atoms with van der Waals surface area (Å²) in [5, 5.41) is 0. The zero-order chi connectivity index (χ0) is 7.14. The lowest BCUT2D eigenvalue weighted by molar-refractivity contribution is 0.115. The SMILES string of the molecule is CC1=C2C(C)COC2CC1. The van der Waals surface area contributed by atoms with Crippen LogP contribution in [0.1, 0.15) is 26.7 Å². The Balaban J connectivity index is 2.31. The van der Waals surface area contributed by atoms with Crippen molar-refractivity contribution in [3.63, 3.8) is 0 Å². The van der Waals surface area contributed by atoms with Crippen LogP contribution in [0, 0.1) is 5.92 Å². The molecule has 1 fully saturated rings. The van der Waals surface area contributed by atoms with Crippen molar-refractivity contribution in [3.8, 4) is 0 Å². The molecule has 0 aromatic carbocycles. The van der Waals surface area contributed by atoms with Gasteiger partial charge in [-0.05, 0) is 25.3 Å². The fourth-order valence-electron chi connectivity index (χ4n) is 2.18. The summed E-state index contributed by atoms with van der Waals surface area (Å²) in [4.78, 5) is 0. The van der Waals surface area contributed by atoms with Gasteiger partial charge in [0.15, 0.2) is 0 Å². The fourth-order valence-corrected chi connectivity index (χ4v) is 2.18. The molecular weight excluding hydrogens is 124 g/mol. The summed E-state index contributed by atoms with van der Waals surface area (Å²) in [6.45, 7) is 5.47. The molecule has 1 heteroatoms. The zero-order valence-electron chi connectivity index (χ0n) is 6.68. The van der Waals surface area contributed by atoms with Crippen LogP contribution in [-0.4, -0.2) is 12.7 Å². The van der Waals surface area contributed by atoms with Crippen molar-refractivity contribution in [1.29, 1.82) is 0 Å². The maximum Gasteiger partial charge on any atom is 0.0794 e. The summed E-state index contributed by atoms with van der Waals surface area (Å²) in [5.41, 5.74) is 3.20. The highest BCUT2D eigenvalue weighted by Gasteiger charge is 2.33. The van der Waals surface area contributed by atoms with Crippen LogP contribution < -0.4 is 0 Å². The van der Waals surface area contributed by atoms with Crippen molar-refractivity contribution in [2.45, 2.75) is 32.8 Å². The Kier molecular flexibility index (Phi) is 1.34. The van der Waals surface area contributed by atoms with Crippen molar-refractivity contribution in [1.82, 2.24) is 0 Å². The predicted molar refractivity (Wildman–Crippen MR) is 40.8 cm³/mol. The second-order valence-electron chi connectivity index (χ2n) is 3.50. The lowest BCUT2D eigenvalue weighted by atomic mass is 10.0.